The van der Waals surface area contributed by atoms with Crippen LogP contribution in [0.2, 0.25) is 0 Å². The maximum atomic E-state index is 5.88. The van der Waals surface area contributed by atoms with Crippen molar-refractivity contribution in [1.82, 2.24) is 4.90 Å². The Hall–Kier alpha value is -1.22. The predicted molar refractivity (Wildman–Crippen MR) is 81.4 cm³/mol. The number of hydrogen-bond acceptors (Lipinski definition) is 3. The van der Waals surface area contributed by atoms with E-state index in [0.29, 0.717) is 6.04 Å². The third kappa shape index (κ3) is 2.57. The molecule has 2 bridgehead atoms. The fourth-order valence-corrected chi connectivity index (χ4v) is 3.73. The lowest BCUT2D eigenvalue weighted by Gasteiger charge is -2.47. The second kappa shape index (κ2) is 5.04. The topological polar surface area (TPSA) is 41.3 Å². The van der Waals surface area contributed by atoms with Gasteiger partial charge in [0.1, 0.15) is 0 Å². The minimum absolute atomic E-state index is 0.620. The second-order valence-corrected chi connectivity index (χ2v) is 6.29. The summed E-state index contributed by atoms with van der Waals surface area (Å²) in [6.07, 6.45) is 6.69. The summed E-state index contributed by atoms with van der Waals surface area (Å²) in [5.74, 6) is 0. The van der Waals surface area contributed by atoms with Crippen LogP contribution in [0, 0.1) is 6.92 Å². The molecule has 2 aliphatic heterocycles. The first kappa shape index (κ1) is 12.8. The molecule has 2 unspecified atom stereocenters. The highest BCUT2D eigenvalue weighted by Gasteiger charge is 2.35. The van der Waals surface area contributed by atoms with Crippen LogP contribution in [-0.2, 0) is 0 Å². The number of anilines is 2. The highest BCUT2D eigenvalue weighted by atomic mass is 15.2. The molecule has 0 aromatic heterocycles. The molecule has 2 atom stereocenters. The lowest BCUT2D eigenvalue weighted by Crippen LogP contribution is -2.52. The number of benzene rings is 1. The summed E-state index contributed by atoms with van der Waals surface area (Å²) in [7, 11) is 2.30. The van der Waals surface area contributed by atoms with E-state index in [1.807, 2.05) is 6.07 Å². The van der Waals surface area contributed by atoms with E-state index in [0.717, 1.165) is 23.3 Å². The molecule has 19 heavy (non-hydrogen) atoms. The molecule has 0 radical (unpaired) electrons. The summed E-state index contributed by atoms with van der Waals surface area (Å²) >= 11 is 0. The molecule has 3 rings (SSSR count). The van der Waals surface area contributed by atoms with Gasteiger partial charge in [-0.1, -0.05) is 6.42 Å². The highest BCUT2D eigenvalue weighted by molar-refractivity contribution is 5.57. The standard InChI is InChI=1S/C16H25N3/c1-11-8-12(6-7-16(11)17)18-13-9-14-4-3-5-15(10-13)19(14)2/h6-8,13-15,18H,3-5,9-10,17H2,1-2H3. The zero-order chi connectivity index (χ0) is 13.4. The first-order valence-corrected chi connectivity index (χ1v) is 7.48. The Balaban J connectivity index is 1.69. The molecule has 0 spiro atoms. The van der Waals surface area contributed by atoms with E-state index in [1.54, 1.807) is 0 Å². The van der Waals surface area contributed by atoms with E-state index in [-0.39, 0.29) is 0 Å². The SMILES string of the molecule is Cc1cc(NC2CC3CCCC(C2)N3C)ccc1N. The Bertz CT molecular complexity index is 443. The normalized spacial score (nSPS) is 31.2. The van der Waals surface area contributed by atoms with E-state index in [1.165, 1.54) is 37.8 Å². The third-order valence-electron chi connectivity index (χ3n) is 4.98. The van der Waals surface area contributed by atoms with Gasteiger partial charge in [-0.2, -0.15) is 0 Å². The van der Waals surface area contributed by atoms with Crippen LogP contribution in [0.25, 0.3) is 0 Å². The Morgan fingerprint density at radius 2 is 1.89 bits per heavy atom. The summed E-state index contributed by atoms with van der Waals surface area (Å²) in [6, 6.07) is 8.46. The van der Waals surface area contributed by atoms with E-state index >= 15 is 0 Å². The van der Waals surface area contributed by atoms with Crippen molar-refractivity contribution in [2.24, 2.45) is 0 Å². The van der Waals surface area contributed by atoms with Gasteiger partial charge in [0.05, 0.1) is 0 Å². The van der Waals surface area contributed by atoms with Gasteiger partial charge in [-0.05, 0) is 63.4 Å². The summed E-state index contributed by atoms with van der Waals surface area (Å²) in [5, 5.41) is 3.72. The van der Waals surface area contributed by atoms with E-state index in [9.17, 15) is 0 Å². The van der Waals surface area contributed by atoms with Crippen LogP contribution in [0.15, 0.2) is 18.2 Å². The first-order chi connectivity index (χ1) is 9.13. The number of piperidine rings is 2. The molecule has 1 aromatic rings. The molecule has 0 saturated carbocycles. The molecule has 2 heterocycles. The van der Waals surface area contributed by atoms with Crippen molar-refractivity contribution in [3.05, 3.63) is 23.8 Å². The van der Waals surface area contributed by atoms with Crippen molar-refractivity contribution in [2.45, 2.75) is 57.2 Å². The highest BCUT2D eigenvalue weighted by Crippen LogP contribution is 2.34. The largest absolute Gasteiger partial charge is 0.399 e. The Labute approximate surface area is 116 Å². The van der Waals surface area contributed by atoms with Crippen LogP contribution < -0.4 is 11.1 Å². The van der Waals surface area contributed by atoms with Crippen LogP contribution in [-0.4, -0.2) is 30.1 Å². The molecule has 3 heteroatoms. The first-order valence-electron chi connectivity index (χ1n) is 7.48. The van der Waals surface area contributed by atoms with Gasteiger partial charge < -0.3 is 16.0 Å². The number of nitrogens with zero attached hydrogens (tertiary/aromatic N) is 1. The van der Waals surface area contributed by atoms with E-state index < -0.39 is 0 Å². The smallest absolute Gasteiger partial charge is 0.0346 e. The molecule has 0 amide bonds. The quantitative estimate of drug-likeness (QED) is 0.802. The molecule has 2 saturated heterocycles. The molecule has 1 aromatic carbocycles. The number of nitrogens with two attached hydrogens (primary N) is 1. The predicted octanol–water partition coefficient (Wildman–Crippen LogP) is 3.00. The van der Waals surface area contributed by atoms with Crippen molar-refractivity contribution < 1.29 is 0 Å². The molecule has 3 nitrogen and oxygen atoms in total. The maximum absolute atomic E-state index is 5.88. The zero-order valence-corrected chi connectivity index (χ0v) is 12.0. The van der Waals surface area contributed by atoms with Gasteiger partial charge in [0.15, 0.2) is 0 Å². The number of hydrogen-bond donors (Lipinski definition) is 2. The summed E-state index contributed by atoms with van der Waals surface area (Å²) in [6.45, 7) is 2.07. The molecule has 2 fully saturated rings. The summed E-state index contributed by atoms with van der Waals surface area (Å²) in [4.78, 5) is 2.61. The molecule has 3 N–H and O–H groups in total. The van der Waals surface area contributed by atoms with Crippen molar-refractivity contribution >= 4 is 11.4 Å². The lowest BCUT2D eigenvalue weighted by molar-refractivity contribution is 0.0608. The lowest BCUT2D eigenvalue weighted by atomic mass is 9.82. The van der Waals surface area contributed by atoms with Gasteiger partial charge in [0.25, 0.3) is 0 Å². The van der Waals surface area contributed by atoms with Crippen LogP contribution >= 0.6 is 0 Å². The second-order valence-electron chi connectivity index (χ2n) is 6.29. The van der Waals surface area contributed by atoms with Gasteiger partial charge in [-0.15, -0.1) is 0 Å². The molecule has 0 aliphatic carbocycles. The number of rotatable bonds is 2. The minimum Gasteiger partial charge on any atom is -0.399 e. The fraction of sp³-hybridized carbons (Fsp3) is 0.625. The number of nitrogens with one attached hydrogen (secondary N) is 1. The average molecular weight is 259 g/mol. The maximum Gasteiger partial charge on any atom is 0.0346 e. The number of aryl methyl sites for hydroxylation is 1. The van der Waals surface area contributed by atoms with Gasteiger partial charge >= 0.3 is 0 Å². The average Bonchev–Trinajstić information content (AvgIpc) is 2.35. The van der Waals surface area contributed by atoms with Crippen molar-refractivity contribution in [3.63, 3.8) is 0 Å². The minimum atomic E-state index is 0.620. The third-order valence-corrected chi connectivity index (χ3v) is 4.98. The Morgan fingerprint density at radius 1 is 1.21 bits per heavy atom. The molecule has 104 valence electrons. The van der Waals surface area contributed by atoms with Gasteiger partial charge in [0, 0.05) is 29.5 Å². The van der Waals surface area contributed by atoms with Gasteiger partial charge in [0.2, 0.25) is 0 Å². The molecular formula is C16H25N3. The monoisotopic (exact) mass is 259 g/mol. The van der Waals surface area contributed by atoms with Crippen molar-refractivity contribution in [2.75, 3.05) is 18.1 Å². The van der Waals surface area contributed by atoms with Crippen molar-refractivity contribution in [3.8, 4) is 0 Å². The van der Waals surface area contributed by atoms with Gasteiger partial charge in [-0.3, -0.25) is 0 Å². The van der Waals surface area contributed by atoms with Crippen LogP contribution in [0.1, 0.15) is 37.7 Å². The zero-order valence-electron chi connectivity index (χ0n) is 12.0. The van der Waals surface area contributed by atoms with Crippen LogP contribution in [0.3, 0.4) is 0 Å². The summed E-state index contributed by atoms with van der Waals surface area (Å²) in [5.41, 5.74) is 9.15. The van der Waals surface area contributed by atoms with E-state index in [2.05, 4.69) is 36.3 Å². The fourth-order valence-electron chi connectivity index (χ4n) is 3.73. The van der Waals surface area contributed by atoms with Crippen LogP contribution in [0.4, 0.5) is 11.4 Å². The number of nitrogen functional groups attached to an aromatic ring is 1. The molecule has 2 aliphatic rings. The summed E-state index contributed by atoms with van der Waals surface area (Å²) < 4.78 is 0. The van der Waals surface area contributed by atoms with E-state index in [4.69, 9.17) is 5.73 Å². The van der Waals surface area contributed by atoms with Gasteiger partial charge in [-0.25, -0.2) is 0 Å². The Morgan fingerprint density at radius 3 is 2.53 bits per heavy atom. The molecular weight excluding hydrogens is 234 g/mol. The van der Waals surface area contributed by atoms with Crippen LogP contribution in [0.5, 0.6) is 0 Å². The number of fused-ring (bicyclic) bond motifs is 2. The Kier molecular flexibility index (Phi) is 3.40. The van der Waals surface area contributed by atoms with Crippen molar-refractivity contribution in [1.29, 1.82) is 0 Å².